The zero-order chi connectivity index (χ0) is 14.4. The molecule has 2 rings (SSSR count). The number of nitrogens with two attached hydrogens (primary N) is 1. The molecular weight excluding hydrogens is 252 g/mol. The number of ether oxygens (including phenoxy) is 1. The van der Waals surface area contributed by atoms with Gasteiger partial charge >= 0.3 is 0 Å². The highest BCUT2D eigenvalue weighted by atomic mass is 16.5. The summed E-state index contributed by atoms with van der Waals surface area (Å²) in [6, 6.07) is 9.75. The van der Waals surface area contributed by atoms with Gasteiger partial charge in [0.05, 0.1) is 6.10 Å². The number of carbonyl (C=O) groups is 1. The summed E-state index contributed by atoms with van der Waals surface area (Å²) in [7, 11) is 0. The Hall–Kier alpha value is -1.39. The summed E-state index contributed by atoms with van der Waals surface area (Å²) in [5.74, 6) is -0.316. The number of hydrogen-bond donors (Lipinski definition) is 2. The van der Waals surface area contributed by atoms with Crippen molar-refractivity contribution in [1.82, 2.24) is 5.32 Å². The SMILES string of the molecule is CCCC(NCC1CCCO1)(C(N)=O)c1ccccc1. The number of nitrogens with one attached hydrogen (secondary N) is 1. The van der Waals surface area contributed by atoms with Gasteiger partial charge in [-0.15, -0.1) is 0 Å². The first-order chi connectivity index (χ1) is 9.69. The van der Waals surface area contributed by atoms with E-state index in [9.17, 15) is 4.79 Å². The fourth-order valence-electron chi connectivity index (χ4n) is 2.88. The lowest BCUT2D eigenvalue weighted by Crippen LogP contribution is -2.54. The van der Waals surface area contributed by atoms with Crippen molar-refractivity contribution in [1.29, 1.82) is 0 Å². The summed E-state index contributed by atoms with van der Waals surface area (Å²) in [6.45, 7) is 3.54. The average molecular weight is 276 g/mol. The lowest BCUT2D eigenvalue weighted by Gasteiger charge is -2.33. The van der Waals surface area contributed by atoms with Gasteiger partial charge < -0.3 is 10.5 Å². The van der Waals surface area contributed by atoms with Crippen LogP contribution in [-0.2, 0) is 15.1 Å². The molecule has 1 aliphatic heterocycles. The van der Waals surface area contributed by atoms with Crippen molar-refractivity contribution in [3.8, 4) is 0 Å². The third-order valence-electron chi connectivity index (χ3n) is 3.97. The first kappa shape index (κ1) is 15.0. The number of carbonyl (C=O) groups excluding carboxylic acids is 1. The highest BCUT2D eigenvalue weighted by Crippen LogP contribution is 2.27. The molecule has 4 heteroatoms. The van der Waals surface area contributed by atoms with Crippen LogP contribution in [0.15, 0.2) is 30.3 Å². The molecule has 4 nitrogen and oxygen atoms in total. The van der Waals surface area contributed by atoms with Crippen molar-refractivity contribution >= 4 is 5.91 Å². The number of hydrogen-bond acceptors (Lipinski definition) is 3. The third-order valence-corrected chi connectivity index (χ3v) is 3.97. The van der Waals surface area contributed by atoms with Crippen LogP contribution in [0, 0.1) is 0 Å². The second kappa shape index (κ2) is 6.86. The Morgan fingerprint density at radius 3 is 2.75 bits per heavy atom. The Balaban J connectivity index is 2.19. The Morgan fingerprint density at radius 1 is 1.45 bits per heavy atom. The van der Waals surface area contributed by atoms with Crippen molar-refractivity contribution < 1.29 is 9.53 Å². The summed E-state index contributed by atoms with van der Waals surface area (Å²) < 4.78 is 5.63. The van der Waals surface area contributed by atoms with E-state index >= 15 is 0 Å². The van der Waals surface area contributed by atoms with E-state index in [1.54, 1.807) is 0 Å². The van der Waals surface area contributed by atoms with E-state index in [4.69, 9.17) is 10.5 Å². The smallest absolute Gasteiger partial charge is 0.242 e. The summed E-state index contributed by atoms with van der Waals surface area (Å²) in [5, 5.41) is 3.39. The van der Waals surface area contributed by atoms with E-state index in [2.05, 4.69) is 12.2 Å². The Kier molecular flexibility index (Phi) is 5.15. The lowest BCUT2D eigenvalue weighted by atomic mass is 9.84. The molecule has 0 radical (unpaired) electrons. The van der Waals surface area contributed by atoms with E-state index in [-0.39, 0.29) is 12.0 Å². The van der Waals surface area contributed by atoms with Crippen LogP contribution < -0.4 is 11.1 Å². The van der Waals surface area contributed by atoms with Crippen LogP contribution in [0.1, 0.15) is 38.2 Å². The third kappa shape index (κ3) is 3.19. The van der Waals surface area contributed by atoms with E-state index < -0.39 is 5.54 Å². The van der Waals surface area contributed by atoms with Gasteiger partial charge in [0.25, 0.3) is 0 Å². The maximum Gasteiger partial charge on any atom is 0.242 e. The predicted molar refractivity (Wildman–Crippen MR) is 79.2 cm³/mol. The zero-order valence-electron chi connectivity index (χ0n) is 12.1. The Bertz CT molecular complexity index is 429. The molecule has 1 amide bonds. The molecule has 1 aromatic carbocycles. The normalized spacial score (nSPS) is 21.6. The molecule has 20 heavy (non-hydrogen) atoms. The lowest BCUT2D eigenvalue weighted by molar-refractivity contribution is -0.125. The van der Waals surface area contributed by atoms with Crippen LogP contribution in [0.4, 0.5) is 0 Å². The number of rotatable bonds is 7. The van der Waals surface area contributed by atoms with E-state index in [1.165, 1.54) is 0 Å². The van der Waals surface area contributed by atoms with Crippen LogP contribution in [0.5, 0.6) is 0 Å². The van der Waals surface area contributed by atoms with Crippen LogP contribution >= 0.6 is 0 Å². The Labute approximate surface area is 120 Å². The van der Waals surface area contributed by atoms with Crippen LogP contribution in [0.3, 0.4) is 0 Å². The Morgan fingerprint density at radius 2 is 2.20 bits per heavy atom. The summed E-state index contributed by atoms with van der Waals surface area (Å²) in [6.07, 6.45) is 3.90. The van der Waals surface area contributed by atoms with Gasteiger partial charge in [-0.2, -0.15) is 0 Å². The standard InChI is InChI=1S/C16H24N2O2/c1-2-10-16(15(17)19,13-7-4-3-5-8-13)18-12-14-9-6-11-20-14/h3-5,7-8,14,18H,2,6,9-12H2,1H3,(H2,17,19). The monoisotopic (exact) mass is 276 g/mol. The van der Waals surface area contributed by atoms with Crippen molar-refractivity contribution in [3.05, 3.63) is 35.9 Å². The largest absolute Gasteiger partial charge is 0.377 e. The molecule has 2 atom stereocenters. The van der Waals surface area contributed by atoms with Gasteiger partial charge in [-0.25, -0.2) is 0 Å². The topological polar surface area (TPSA) is 64.3 Å². The minimum atomic E-state index is -0.790. The van der Waals surface area contributed by atoms with E-state index in [0.29, 0.717) is 13.0 Å². The van der Waals surface area contributed by atoms with E-state index in [0.717, 1.165) is 31.4 Å². The fraction of sp³-hybridized carbons (Fsp3) is 0.562. The summed E-state index contributed by atoms with van der Waals surface area (Å²) in [5.41, 5.74) is 5.88. The van der Waals surface area contributed by atoms with Gasteiger partial charge in [0.2, 0.25) is 5.91 Å². The predicted octanol–water partition coefficient (Wildman–Crippen LogP) is 1.94. The summed E-state index contributed by atoms with van der Waals surface area (Å²) in [4.78, 5) is 12.1. The first-order valence-electron chi connectivity index (χ1n) is 7.41. The molecule has 110 valence electrons. The number of primary amides is 1. The first-order valence-corrected chi connectivity index (χ1v) is 7.41. The molecule has 1 aliphatic rings. The number of amides is 1. The molecule has 0 saturated carbocycles. The second-order valence-corrected chi connectivity index (χ2v) is 5.40. The molecule has 1 saturated heterocycles. The van der Waals surface area contributed by atoms with Crippen molar-refractivity contribution in [2.75, 3.05) is 13.2 Å². The molecule has 0 spiro atoms. The van der Waals surface area contributed by atoms with Gasteiger partial charge in [-0.1, -0.05) is 43.7 Å². The van der Waals surface area contributed by atoms with Gasteiger partial charge in [0.1, 0.15) is 5.54 Å². The molecule has 3 N–H and O–H groups in total. The van der Waals surface area contributed by atoms with Crippen molar-refractivity contribution in [2.45, 2.75) is 44.2 Å². The highest BCUT2D eigenvalue weighted by molar-refractivity contribution is 5.86. The summed E-state index contributed by atoms with van der Waals surface area (Å²) >= 11 is 0. The van der Waals surface area contributed by atoms with Crippen molar-refractivity contribution in [3.63, 3.8) is 0 Å². The van der Waals surface area contributed by atoms with Crippen LogP contribution in [0.25, 0.3) is 0 Å². The van der Waals surface area contributed by atoms with Crippen LogP contribution in [-0.4, -0.2) is 25.2 Å². The van der Waals surface area contributed by atoms with Gasteiger partial charge in [-0.05, 0) is 24.8 Å². The van der Waals surface area contributed by atoms with Crippen LogP contribution in [0.2, 0.25) is 0 Å². The molecular formula is C16H24N2O2. The van der Waals surface area contributed by atoms with Crippen molar-refractivity contribution in [2.24, 2.45) is 5.73 Å². The molecule has 1 heterocycles. The average Bonchev–Trinajstić information content (AvgIpc) is 2.97. The fourth-order valence-corrected chi connectivity index (χ4v) is 2.88. The van der Waals surface area contributed by atoms with Gasteiger partial charge in [-0.3, -0.25) is 10.1 Å². The molecule has 0 bridgehead atoms. The zero-order valence-corrected chi connectivity index (χ0v) is 12.1. The minimum Gasteiger partial charge on any atom is -0.377 e. The minimum absolute atomic E-state index is 0.189. The maximum atomic E-state index is 12.1. The highest BCUT2D eigenvalue weighted by Gasteiger charge is 2.37. The molecule has 2 unspecified atom stereocenters. The van der Waals surface area contributed by atoms with Gasteiger partial charge in [0.15, 0.2) is 0 Å². The molecule has 0 aromatic heterocycles. The quantitative estimate of drug-likeness (QED) is 0.800. The van der Waals surface area contributed by atoms with E-state index in [1.807, 2.05) is 30.3 Å². The molecule has 1 fully saturated rings. The second-order valence-electron chi connectivity index (χ2n) is 5.40. The maximum absolute atomic E-state index is 12.1. The molecule has 1 aromatic rings. The number of benzene rings is 1. The van der Waals surface area contributed by atoms with Gasteiger partial charge in [0, 0.05) is 13.2 Å². The molecule has 0 aliphatic carbocycles.